The number of alkyl halides is 3. The van der Waals surface area contributed by atoms with E-state index in [-0.39, 0.29) is 35.9 Å². The molecule has 0 saturated heterocycles. The van der Waals surface area contributed by atoms with Crippen molar-refractivity contribution in [1.82, 2.24) is 4.90 Å². The fourth-order valence-electron chi connectivity index (χ4n) is 4.15. The van der Waals surface area contributed by atoms with Crippen LogP contribution in [0.25, 0.3) is 11.1 Å². The van der Waals surface area contributed by atoms with Crippen LogP contribution in [0.3, 0.4) is 0 Å². The molecule has 4 aromatic rings. The fourth-order valence-corrected chi connectivity index (χ4v) is 4.91. The second kappa shape index (κ2) is 11.7. The van der Waals surface area contributed by atoms with Crippen molar-refractivity contribution in [2.75, 3.05) is 0 Å². The van der Waals surface area contributed by atoms with Crippen LogP contribution < -0.4 is 9.88 Å². The van der Waals surface area contributed by atoms with Crippen molar-refractivity contribution in [2.24, 2.45) is 5.14 Å². The average Bonchev–Trinajstić information content (AvgIpc) is 2.89. The zero-order chi connectivity index (χ0) is 28.0. The minimum absolute atomic E-state index is 0.00151. The lowest BCUT2D eigenvalue weighted by molar-refractivity contribution is -0.274. The highest BCUT2D eigenvalue weighted by atomic mass is 32.2. The third-order valence-corrected chi connectivity index (χ3v) is 6.91. The number of nitrogens with zero attached hydrogens (tertiary/aromatic N) is 1. The Bertz CT molecular complexity index is 1540. The van der Waals surface area contributed by atoms with Crippen LogP contribution in [0.4, 0.5) is 13.2 Å². The second-order valence-electron chi connectivity index (χ2n) is 8.81. The predicted molar refractivity (Wildman–Crippen MR) is 141 cm³/mol. The monoisotopic (exact) mass is 554 g/mol. The SMILES string of the molecule is NS(=O)(=O)c1ccccc1-c1ccc(CN(Cc2ccccc2)C(=O)Cc2ccccc2OC(F)(F)F)cc1. The number of hydrogen-bond donors (Lipinski definition) is 1. The maximum Gasteiger partial charge on any atom is 0.573 e. The summed E-state index contributed by atoms with van der Waals surface area (Å²) in [7, 11) is -3.93. The van der Waals surface area contributed by atoms with Crippen molar-refractivity contribution in [3.05, 3.63) is 120 Å². The molecular weight excluding hydrogens is 529 g/mol. The molecule has 0 unspecified atom stereocenters. The van der Waals surface area contributed by atoms with Gasteiger partial charge in [-0.25, -0.2) is 13.6 Å². The summed E-state index contributed by atoms with van der Waals surface area (Å²) < 4.78 is 66.8. The maximum absolute atomic E-state index is 13.4. The van der Waals surface area contributed by atoms with Gasteiger partial charge < -0.3 is 9.64 Å². The Morgan fingerprint density at radius 1 is 0.769 bits per heavy atom. The first-order valence-corrected chi connectivity index (χ1v) is 13.4. The van der Waals surface area contributed by atoms with Crippen LogP contribution >= 0.6 is 0 Å². The maximum atomic E-state index is 13.4. The van der Waals surface area contributed by atoms with E-state index in [4.69, 9.17) is 5.14 Å². The van der Waals surface area contributed by atoms with Gasteiger partial charge in [-0.05, 0) is 28.8 Å². The zero-order valence-electron chi connectivity index (χ0n) is 20.6. The lowest BCUT2D eigenvalue weighted by atomic mass is 10.0. The summed E-state index contributed by atoms with van der Waals surface area (Å²) in [5.41, 5.74) is 2.79. The predicted octanol–water partition coefficient (Wildman–Crippen LogP) is 5.67. The number of carbonyl (C=O) groups excluding carboxylic acids is 1. The molecule has 0 atom stereocenters. The summed E-state index contributed by atoms with van der Waals surface area (Å²) >= 11 is 0. The highest BCUT2D eigenvalue weighted by Crippen LogP contribution is 2.29. The van der Waals surface area contributed by atoms with E-state index in [1.807, 2.05) is 30.3 Å². The van der Waals surface area contributed by atoms with Crippen LogP contribution in [0.1, 0.15) is 16.7 Å². The number of sulfonamides is 1. The smallest absolute Gasteiger partial charge is 0.405 e. The minimum Gasteiger partial charge on any atom is -0.405 e. The van der Waals surface area contributed by atoms with E-state index in [0.717, 1.165) is 11.1 Å². The molecule has 10 heteroatoms. The number of ether oxygens (including phenoxy) is 1. The summed E-state index contributed by atoms with van der Waals surface area (Å²) in [4.78, 5) is 14.9. The van der Waals surface area contributed by atoms with Gasteiger partial charge in [0, 0.05) is 24.2 Å². The van der Waals surface area contributed by atoms with Crippen molar-refractivity contribution in [3.8, 4) is 16.9 Å². The summed E-state index contributed by atoms with van der Waals surface area (Å²) in [6.45, 7) is 0.408. The molecular formula is C29H25F3N2O4S. The van der Waals surface area contributed by atoms with E-state index in [2.05, 4.69) is 4.74 Å². The largest absolute Gasteiger partial charge is 0.573 e. The molecule has 0 aliphatic rings. The molecule has 0 bridgehead atoms. The first kappa shape index (κ1) is 27.9. The van der Waals surface area contributed by atoms with Gasteiger partial charge in [0.25, 0.3) is 0 Å². The van der Waals surface area contributed by atoms with Gasteiger partial charge in [-0.3, -0.25) is 4.79 Å². The first-order chi connectivity index (χ1) is 18.5. The van der Waals surface area contributed by atoms with Crippen molar-refractivity contribution in [2.45, 2.75) is 30.8 Å². The minimum atomic E-state index is -4.88. The van der Waals surface area contributed by atoms with Crippen molar-refractivity contribution >= 4 is 15.9 Å². The Morgan fingerprint density at radius 2 is 1.33 bits per heavy atom. The Balaban J connectivity index is 1.59. The van der Waals surface area contributed by atoms with Crippen LogP contribution in [-0.2, 0) is 34.3 Å². The number of amides is 1. The van der Waals surface area contributed by atoms with Crippen LogP contribution in [0.15, 0.2) is 108 Å². The summed E-state index contributed by atoms with van der Waals surface area (Å²) in [6, 6.07) is 28.2. The van der Waals surface area contributed by atoms with Crippen molar-refractivity contribution in [1.29, 1.82) is 0 Å². The Kier molecular flexibility index (Phi) is 8.37. The normalized spacial score (nSPS) is 11.7. The fraction of sp³-hybridized carbons (Fsp3) is 0.138. The second-order valence-corrected chi connectivity index (χ2v) is 10.3. The number of hydrogen-bond acceptors (Lipinski definition) is 4. The molecule has 0 heterocycles. The number of nitrogens with two attached hydrogens (primary N) is 1. The van der Waals surface area contributed by atoms with E-state index in [1.165, 1.54) is 24.3 Å². The highest BCUT2D eigenvalue weighted by molar-refractivity contribution is 7.89. The number of rotatable bonds is 9. The quantitative estimate of drug-likeness (QED) is 0.289. The third kappa shape index (κ3) is 7.68. The van der Waals surface area contributed by atoms with Crippen LogP contribution in [-0.4, -0.2) is 25.6 Å². The Morgan fingerprint density at radius 3 is 1.97 bits per heavy atom. The topological polar surface area (TPSA) is 89.7 Å². The number of benzene rings is 4. The van der Waals surface area contributed by atoms with Gasteiger partial charge in [0.2, 0.25) is 15.9 Å². The van der Waals surface area contributed by atoms with Crippen molar-refractivity contribution < 1.29 is 31.1 Å². The number of carbonyl (C=O) groups is 1. The van der Waals surface area contributed by atoms with Gasteiger partial charge in [-0.2, -0.15) is 0 Å². The Hall–Kier alpha value is -4.15. The van der Waals surface area contributed by atoms with E-state index in [0.29, 0.717) is 11.1 Å². The molecule has 0 aliphatic heterocycles. The molecule has 1 amide bonds. The molecule has 0 radical (unpaired) electrons. The number of primary sulfonamides is 1. The Labute approximate surface area is 224 Å². The third-order valence-electron chi connectivity index (χ3n) is 5.94. The molecule has 39 heavy (non-hydrogen) atoms. The lowest BCUT2D eigenvalue weighted by Crippen LogP contribution is -2.31. The summed E-state index contributed by atoms with van der Waals surface area (Å²) in [6.07, 6.45) is -5.18. The molecule has 0 aromatic heterocycles. The molecule has 202 valence electrons. The van der Waals surface area contributed by atoms with E-state index < -0.39 is 22.1 Å². The molecule has 4 rings (SSSR count). The summed E-state index contributed by atoms with van der Waals surface area (Å²) in [5.74, 6) is -0.809. The zero-order valence-corrected chi connectivity index (χ0v) is 21.5. The number of halogens is 3. The van der Waals surface area contributed by atoms with Crippen molar-refractivity contribution in [3.63, 3.8) is 0 Å². The molecule has 0 saturated carbocycles. The van der Waals surface area contributed by atoms with Crippen LogP contribution in [0.5, 0.6) is 5.75 Å². The van der Waals surface area contributed by atoms with Gasteiger partial charge in [0.1, 0.15) is 5.75 Å². The molecule has 2 N–H and O–H groups in total. The summed E-state index contributed by atoms with van der Waals surface area (Å²) in [5, 5.41) is 5.36. The number of para-hydroxylation sites is 1. The van der Waals surface area contributed by atoms with E-state index >= 15 is 0 Å². The van der Waals surface area contributed by atoms with Gasteiger partial charge in [0.15, 0.2) is 0 Å². The molecule has 0 aliphatic carbocycles. The highest BCUT2D eigenvalue weighted by Gasteiger charge is 2.32. The molecule has 0 spiro atoms. The first-order valence-electron chi connectivity index (χ1n) is 11.9. The van der Waals surface area contributed by atoms with Gasteiger partial charge in [0.05, 0.1) is 11.3 Å². The standard InChI is InChI=1S/C29H25F3N2O4S/c30-29(31,32)38-26-12-6-4-10-24(26)18-28(35)34(19-21-8-2-1-3-9-21)20-22-14-16-23(17-15-22)25-11-5-7-13-27(25)39(33,36)37/h1-17H,18-20H2,(H2,33,36,37). The van der Waals surface area contributed by atoms with Gasteiger partial charge in [-0.15, -0.1) is 13.2 Å². The van der Waals surface area contributed by atoms with Crippen LogP contribution in [0.2, 0.25) is 0 Å². The molecule has 4 aromatic carbocycles. The molecule has 6 nitrogen and oxygen atoms in total. The van der Waals surface area contributed by atoms with Crippen LogP contribution in [0, 0.1) is 0 Å². The lowest BCUT2D eigenvalue weighted by Gasteiger charge is -2.24. The van der Waals surface area contributed by atoms with Gasteiger partial charge in [-0.1, -0.05) is 91.0 Å². The molecule has 0 fully saturated rings. The van der Waals surface area contributed by atoms with E-state index in [9.17, 15) is 26.4 Å². The van der Waals surface area contributed by atoms with E-state index in [1.54, 1.807) is 53.4 Å². The van der Waals surface area contributed by atoms with Gasteiger partial charge >= 0.3 is 6.36 Å². The average molecular weight is 555 g/mol.